The van der Waals surface area contributed by atoms with Gasteiger partial charge in [-0.15, -0.1) is 0 Å². The van der Waals surface area contributed by atoms with E-state index >= 15 is 0 Å². The first-order valence-corrected chi connectivity index (χ1v) is 13.4. The molecule has 0 aliphatic carbocycles. The van der Waals surface area contributed by atoms with E-state index in [1.165, 1.54) is 21.1 Å². The zero-order valence-electron chi connectivity index (χ0n) is 21.3. The number of carbonyl (C=O) groups excluding carboxylic acids is 1. The van der Waals surface area contributed by atoms with E-state index in [9.17, 15) is 23.3 Å². The summed E-state index contributed by atoms with van der Waals surface area (Å²) >= 11 is 0. The molecule has 0 atom stereocenters. The molecule has 2 saturated heterocycles. The van der Waals surface area contributed by atoms with Gasteiger partial charge in [-0.3, -0.25) is 14.9 Å². The van der Waals surface area contributed by atoms with Crippen LogP contribution < -0.4 is 4.74 Å². The van der Waals surface area contributed by atoms with E-state index in [1.807, 2.05) is 20.8 Å². The van der Waals surface area contributed by atoms with Crippen molar-refractivity contribution in [1.29, 1.82) is 0 Å². The van der Waals surface area contributed by atoms with Crippen molar-refractivity contribution in [1.82, 2.24) is 19.0 Å². The molecular weight excluding hydrogens is 506 g/mol. The van der Waals surface area contributed by atoms with Crippen LogP contribution >= 0.6 is 0 Å². The number of ether oxygens (including phenoxy) is 3. The van der Waals surface area contributed by atoms with Crippen molar-refractivity contribution >= 4 is 21.6 Å². The van der Waals surface area contributed by atoms with Gasteiger partial charge in [0.2, 0.25) is 15.9 Å². The molecule has 0 radical (unpaired) electrons. The first-order chi connectivity index (χ1) is 17.4. The number of hydrogen-bond acceptors (Lipinski definition) is 9. The fraction of sp³-hybridized carbons (Fsp3) is 0.565. The van der Waals surface area contributed by atoms with Crippen LogP contribution in [0.25, 0.3) is 0 Å². The van der Waals surface area contributed by atoms with Gasteiger partial charge in [-0.2, -0.15) is 9.40 Å². The molecule has 1 amide bonds. The van der Waals surface area contributed by atoms with Crippen LogP contribution in [0.5, 0.6) is 11.6 Å². The minimum Gasteiger partial charge on any atom is -0.438 e. The minimum atomic E-state index is -4.15. The number of benzene rings is 1. The molecule has 1 aromatic heterocycles. The van der Waals surface area contributed by atoms with Crippen molar-refractivity contribution < 1.29 is 32.3 Å². The lowest BCUT2D eigenvalue weighted by Crippen LogP contribution is -2.41. The van der Waals surface area contributed by atoms with Gasteiger partial charge in [-0.25, -0.2) is 13.1 Å². The molecule has 14 heteroatoms. The topological polar surface area (TPSA) is 146 Å². The van der Waals surface area contributed by atoms with Crippen LogP contribution in [0.3, 0.4) is 0 Å². The van der Waals surface area contributed by atoms with E-state index in [2.05, 4.69) is 5.10 Å². The molecule has 3 heterocycles. The van der Waals surface area contributed by atoms with Gasteiger partial charge in [0.05, 0.1) is 36.9 Å². The number of non-ortho nitro benzene ring substituents is 1. The van der Waals surface area contributed by atoms with Gasteiger partial charge in [-0.1, -0.05) is 0 Å². The van der Waals surface area contributed by atoms with Crippen molar-refractivity contribution in [3.8, 4) is 11.6 Å². The fourth-order valence-electron chi connectivity index (χ4n) is 4.10. The Balaban J connectivity index is 1.80. The van der Waals surface area contributed by atoms with Crippen molar-refractivity contribution in [2.75, 3.05) is 52.6 Å². The molecular formula is C23H31N5O8S. The van der Waals surface area contributed by atoms with Crippen LogP contribution in [0.2, 0.25) is 0 Å². The molecule has 1 aromatic carbocycles. The second-order valence-electron chi connectivity index (χ2n) is 9.77. The maximum atomic E-state index is 13.5. The van der Waals surface area contributed by atoms with Gasteiger partial charge < -0.3 is 19.1 Å². The SMILES string of the molecule is Cc1c(C(=O)N2CCOCC2)nn(C(C)(C)C)c1Oc1ccc([N+](=O)[O-])cc1S(=O)(=O)N1CCOCC1. The van der Waals surface area contributed by atoms with Crippen LogP contribution in [0, 0.1) is 17.0 Å². The minimum absolute atomic E-state index is 0.101. The largest absolute Gasteiger partial charge is 0.438 e. The summed E-state index contributed by atoms with van der Waals surface area (Å²) in [4.78, 5) is 25.4. The quantitative estimate of drug-likeness (QED) is 0.399. The van der Waals surface area contributed by atoms with Crippen molar-refractivity contribution in [2.24, 2.45) is 0 Å². The fourth-order valence-corrected chi connectivity index (χ4v) is 5.64. The molecule has 2 fully saturated rings. The lowest BCUT2D eigenvalue weighted by atomic mass is 10.1. The highest BCUT2D eigenvalue weighted by Gasteiger charge is 2.34. The van der Waals surface area contributed by atoms with Gasteiger partial charge in [-0.05, 0) is 33.8 Å². The Labute approximate surface area is 215 Å². The summed E-state index contributed by atoms with van der Waals surface area (Å²) < 4.78 is 46.6. The number of nitrogens with zero attached hydrogens (tertiary/aromatic N) is 5. The summed E-state index contributed by atoms with van der Waals surface area (Å²) in [6, 6.07) is 3.43. The monoisotopic (exact) mass is 537 g/mol. The van der Waals surface area contributed by atoms with Crippen LogP contribution in [0.15, 0.2) is 23.1 Å². The highest BCUT2D eigenvalue weighted by molar-refractivity contribution is 7.89. The van der Waals surface area contributed by atoms with Crippen LogP contribution in [0.4, 0.5) is 5.69 Å². The number of hydrogen-bond donors (Lipinski definition) is 0. The number of rotatable bonds is 6. The van der Waals surface area contributed by atoms with Crippen LogP contribution in [0.1, 0.15) is 36.8 Å². The normalized spacial score (nSPS) is 17.6. The molecule has 0 saturated carbocycles. The third-order valence-corrected chi connectivity index (χ3v) is 8.06. The van der Waals surface area contributed by atoms with Gasteiger partial charge in [0.25, 0.3) is 11.6 Å². The predicted octanol–water partition coefficient (Wildman–Crippen LogP) is 2.14. The number of nitro benzene ring substituents is 1. The molecule has 13 nitrogen and oxygen atoms in total. The van der Waals surface area contributed by atoms with Gasteiger partial charge >= 0.3 is 0 Å². The van der Waals surface area contributed by atoms with E-state index in [0.717, 1.165) is 6.07 Å². The molecule has 202 valence electrons. The molecule has 0 N–H and O–H groups in total. The maximum absolute atomic E-state index is 13.5. The van der Waals surface area contributed by atoms with Crippen molar-refractivity contribution in [3.05, 3.63) is 39.6 Å². The number of nitro groups is 1. The first kappa shape index (κ1) is 27.0. The lowest BCUT2D eigenvalue weighted by molar-refractivity contribution is -0.385. The summed E-state index contributed by atoms with van der Waals surface area (Å²) in [7, 11) is -4.15. The van der Waals surface area contributed by atoms with E-state index in [-0.39, 0.29) is 60.1 Å². The number of sulfonamides is 1. The van der Waals surface area contributed by atoms with E-state index in [4.69, 9.17) is 14.2 Å². The Morgan fingerprint density at radius 1 is 1.08 bits per heavy atom. The Bertz CT molecular complexity index is 1290. The Kier molecular flexibility index (Phi) is 7.55. The summed E-state index contributed by atoms with van der Waals surface area (Å²) in [5.74, 6) is -0.203. The molecule has 2 aliphatic heterocycles. The number of aromatic nitrogens is 2. The van der Waals surface area contributed by atoms with Crippen molar-refractivity contribution in [2.45, 2.75) is 38.1 Å². The maximum Gasteiger partial charge on any atom is 0.274 e. The smallest absolute Gasteiger partial charge is 0.274 e. The number of carbonyl (C=O) groups is 1. The summed E-state index contributed by atoms with van der Waals surface area (Å²) in [5.41, 5.74) is -0.401. The zero-order chi connectivity index (χ0) is 27.0. The van der Waals surface area contributed by atoms with E-state index < -0.39 is 20.5 Å². The zero-order valence-corrected chi connectivity index (χ0v) is 22.1. The third-order valence-electron chi connectivity index (χ3n) is 6.14. The number of morpholine rings is 2. The predicted molar refractivity (Wildman–Crippen MR) is 131 cm³/mol. The molecule has 2 aromatic rings. The number of amides is 1. The van der Waals surface area contributed by atoms with Crippen LogP contribution in [-0.2, 0) is 25.0 Å². The van der Waals surface area contributed by atoms with Crippen molar-refractivity contribution in [3.63, 3.8) is 0 Å². The lowest BCUT2D eigenvalue weighted by Gasteiger charge is -2.27. The molecule has 0 bridgehead atoms. The molecule has 37 heavy (non-hydrogen) atoms. The average molecular weight is 538 g/mol. The second-order valence-corrected chi connectivity index (χ2v) is 11.7. The Hall–Kier alpha value is -3.07. The molecule has 0 unspecified atom stereocenters. The highest BCUT2D eigenvalue weighted by atomic mass is 32.2. The molecule has 0 spiro atoms. The summed E-state index contributed by atoms with van der Waals surface area (Å²) in [6.07, 6.45) is 0. The van der Waals surface area contributed by atoms with Gasteiger partial charge in [0, 0.05) is 43.9 Å². The van der Waals surface area contributed by atoms with E-state index in [0.29, 0.717) is 31.9 Å². The Morgan fingerprint density at radius 3 is 2.24 bits per heavy atom. The Morgan fingerprint density at radius 2 is 1.68 bits per heavy atom. The summed E-state index contributed by atoms with van der Waals surface area (Å²) in [5, 5.41) is 16.0. The molecule has 2 aliphatic rings. The summed E-state index contributed by atoms with van der Waals surface area (Å²) in [6.45, 7) is 9.68. The first-order valence-electron chi connectivity index (χ1n) is 11.9. The average Bonchev–Trinajstić information content (AvgIpc) is 3.21. The molecule has 4 rings (SSSR count). The van der Waals surface area contributed by atoms with Gasteiger partial charge in [0.1, 0.15) is 10.6 Å². The van der Waals surface area contributed by atoms with E-state index in [1.54, 1.807) is 11.8 Å². The van der Waals surface area contributed by atoms with Crippen LogP contribution in [-0.4, -0.2) is 90.8 Å². The second kappa shape index (κ2) is 10.4. The third kappa shape index (κ3) is 5.46. The standard InChI is InChI=1S/C23H31N5O8S/c1-16-20(21(29)25-7-11-34-12-8-25)24-27(23(2,3)4)22(16)36-18-6-5-17(28(30)31)15-19(18)37(32,33)26-9-13-35-14-10-26/h5-6,15H,7-14H2,1-4H3. The highest BCUT2D eigenvalue weighted by Crippen LogP contribution is 2.38. The van der Waals surface area contributed by atoms with Gasteiger partial charge in [0.15, 0.2) is 5.69 Å².